The van der Waals surface area contributed by atoms with Gasteiger partial charge in [-0.15, -0.1) is 0 Å². The predicted molar refractivity (Wildman–Crippen MR) is 74.9 cm³/mol. The molecule has 0 spiro atoms. The molecule has 0 bridgehead atoms. The van der Waals surface area contributed by atoms with Gasteiger partial charge < -0.3 is 10.4 Å². The Labute approximate surface area is 110 Å². The maximum atomic E-state index is 10.1. The van der Waals surface area contributed by atoms with Gasteiger partial charge in [-0.1, -0.05) is 24.6 Å². The van der Waals surface area contributed by atoms with Crippen molar-refractivity contribution >= 4 is 0 Å². The Morgan fingerprint density at radius 3 is 2.89 bits per heavy atom. The molecule has 0 saturated carbocycles. The molecule has 3 heteroatoms. The van der Waals surface area contributed by atoms with Crippen LogP contribution in [-0.2, 0) is 0 Å². The Morgan fingerprint density at radius 1 is 1.50 bits per heavy atom. The van der Waals surface area contributed by atoms with Crippen molar-refractivity contribution in [3.05, 3.63) is 29.3 Å². The van der Waals surface area contributed by atoms with Crippen LogP contribution in [0.15, 0.2) is 18.2 Å². The summed E-state index contributed by atoms with van der Waals surface area (Å²) in [6, 6.07) is 6.72. The van der Waals surface area contributed by atoms with E-state index < -0.39 is 0 Å². The van der Waals surface area contributed by atoms with Crippen molar-refractivity contribution in [2.24, 2.45) is 0 Å². The molecule has 2 N–H and O–H groups in total. The third kappa shape index (κ3) is 2.68. The largest absolute Gasteiger partial charge is 0.508 e. The number of phenolic OH excluding ortho intramolecular Hbond substituents is 1. The second kappa shape index (κ2) is 5.72. The Kier molecular flexibility index (Phi) is 4.25. The Hall–Kier alpha value is -1.06. The molecule has 100 valence electrons. The maximum Gasteiger partial charge on any atom is 0.120 e. The Bertz CT molecular complexity index is 399. The Balaban J connectivity index is 2.21. The van der Waals surface area contributed by atoms with Crippen molar-refractivity contribution in [1.29, 1.82) is 0 Å². The molecule has 2 rings (SSSR count). The van der Waals surface area contributed by atoms with Crippen molar-refractivity contribution in [3.8, 4) is 5.75 Å². The highest BCUT2D eigenvalue weighted by Gasteiger charge is 2.27. The van der Waals surface area contributed by atoms with Crippen molar-refractivity contribution in [2.45, 2.75) is 39.3 Å². The molecule has 0 aromatic heterocycles. The third-order valence-electron chi connectivity index (χ3n) is 4.00. The first-order chi connectivity index (χ1) is 8.63. The van der Waals surface area contributed by atoms with E-state index in [2.05, 4.69) is 37.1 Å². The average Bonchev–Trinajstić information content (AvgIpc) is 2.87. The summed E-state index contributed by atoms with van der Waals surface area (Å²) >= 11 is 0. The number of nitrogens with zero attached hydrogens (tertiary/aromatic N) is 1. The smallest absolute Gasteiger partial charge is 0.120 e. The second-order valence-corrected chi connectivity index (χ2v) is 5.22. The fourth-order valence-electron chi connectivity index (χ4n) is 2.96. The van der Waals surface area contributed by atoms with Gasteiger partial charge in [0, 0.05) is 24.2 Å². The Morgan fingerprint density at radius 2 is 2.28 bits per heavy atom. The average molecular weight is 248 g/mol. The van der Waals surface area contributed by atoms with Crippen LogP contribution in [0.3, 0.4) is 0 Å². The van der Waals surface area contributed by atoms with Crippen LogP contribution in [0.4, 0.5) is 0 Å². The van der Waals surface area contributed by atoms with Crippen molar-refractivity contribution in [3.63, 3.8) is 0 Å². The molecule has 0 aliphatic carbocycles. The first-order valence-corrected chi connectivity index (χ1v) is 6.89. The maximum absolute atomic E-state index is 10.1. The van der Waals surface area contributed by atoms with Crippen LogP contribution >= 0.6 is 0 Å². The zero-order valence-electron chi connectivity index (χ0n) is 11.6. The molecule has 2 atom stereocenters. The van der Waals surface area contributed by atoms with Crippen LogP contribution < -0.4 is 5.32 Å². The van der Waals surface area contributed by atoms with Crippen molar-refractivity contribution in [1.82, 2.24) is 10.2 Å². The summed E-state index contributed by atoms with van der Waals surface area (Å²) in [5.74, 6) is 0.414. The minimum absolute atomic E-state index is 0.264. The van der Waals surface area contributed by atoms with Crippen molar-refractivity contribution < 1.29 is 5.11 Å². The first kappa shape index (κ1) is 13.4. The van der Waals surface area contributed by atoms with E-state index in [1.165, 1.54) is 12.0 Å². The van der Waals surface area contributed by atoms with Gasteiger partial charge in [0.25, 0.3) is 0 Å². The van der Waals surface area contributed by atoms with Crippen molar-refractivity contribution in [2.75, 3.05) is 19.6 Å². The number of phenols is 1. The molecule has 1 aliphatic rings. The molecule has 1 fully saturated rings. The number of aryl methyl sites for hydroxylation is 1. The van der Waals surface area contributed by atoms with E-state index in [-0.39, 0.29) is 6.04 Å². The summed E-state index contributed by atoms with van der Waals surface area (Å²) in [6.45, 7) is 9.64. The van der Waals surface area contributed by atoms with Crippen LogP contribution in [0, 0.1) is 6.92 Å². The minimum Gasteiger partial charge on any atom is -0.508 e. The van der Waals surface area contributed by atoms with Gasteiger partial charge in [-0.2, -0.15) is 0 Å². The summed E-state index contributed by atoms with van der Waals surface area (Å²) in [6.07, 6.45) is 1.20. The third-order valence-corrected chi connectivity index (χ3v) is 4.00. The summed E-state index contributed by atoms with van der Waals surface area (Å²) < 4.78 is 0. The van der Waals surface area contributed by atoms with Gasteiger partial charge in [-0.25, -0.2) is 0 Å². The fourth-order valence-corrected chi connectivity index (χ4v) is 2.96. The molecular formula is C15H24N2O. The number of hydrogen-bond acceptors (Lipinski definition) is 3. The van der Waals surface area contributed by atoms with E-state index in [9.17, 15) is 5.11 Å². The molecule has 1 aromatic carbocycles. The van der Waals surface area contributed by atoms with Gasteiger partial charge in [0.15, 0.2) is 0 Å². The lowest BCUT2D eigenvalue weighted by atomic mass is 10.0. The van der Waals surface area contributed by atoms with Crippen LogP contribution in [0.1, 0.15) is 37.4 Å². The molecule has 18 heavy (non-hydrogen) atoms. The standard InChI is InChI=1S/C15H24N2O/c1-4-17(13-7-8-16-10-13)12(3)14-9-11(2)5-6-15(14)18/h5-6,9,12-13,16,18H,4,7-8,10H2,1-3H3. The summed E-state index contributed by atoms with van der Waals surface area (Å²) in [4.78, 5) is 2.48. The lowest BCUT2D eigenvalue weighted by Gasteiger charge is -2.33. The van der Waals surface area contributed by atoms with E-state index in [1.54, 1.807) is 0 Å². The van der Waals surface area contributed by atoms with E-state index in [0.717, 1.165) is 25.2 Å². The molecule has 1 heterocycles. The second-order valence-electron chi connectivity index (χ2n) is 5.22. The molecule has 2 unspecified atom stereocenters. The predicted octanol–water partition coefficient (Wildman–Crippen LogP) is 2.45. The molecule has 3 nitrogen and oxygen atoms in total. The normalized spacial score (nSPS) is 21.4. The highest BCUT2D eigenvalue weighted by atomic mass is 16.3. The fraction of sp³-hybridized carbons (Fsp3) is 0.600. The van der Waals surface area contributed by atoms with Crippen LogP contribution in [-0.4, -0.2) is 35.7 Å². The number of hydrogen-bond donors (Lipinski definition) is 2. The number of likely N-dealkylation sites (N-methyl/N-ethyl adjacent to an activating group) is 1. The summed E-state index contributed by atoms with van der Waals surface area (Å²) in [5.41, 5.74) is 2.25. The lowest BCUT2D eigenvalue weighted by Crippen LogP contribution is -2.38. The van der Waals surface area contributed by atoms with Crippen LogP contribution in [0.5, 0.6) is 5.75 Å². The van der Waals surface area contributed by atoms with Crippen LogP contribution in [0.2, 0.25) is 0 Å². The minimum atomic E-state index is 0.264. The topological polar surface area (TPSA) is 35.5 Å². The van der Waals surface area contributed by atoms with E-state index >= 15 is 0 Å². The lowest BCUT2D eigenvalue weighted by molar-refractivity contribution is 0.160. The summed E-state index contributed by atoms with van der Waals surface area (Å²) in [7, 11) is 0. The number of rotatable bonds is 4. The molecule has 1 aliphatic heterocycles. The molecule has 1 aromatic rings. The molecule has 1 saturated heterocycles. The molecule has 0 radical (unpaired) electrons. The zero-order chi connectivity index (χ0) is 13.1. The first-order valence-electron chi connectivity index (χ1n) is 6.89. The van der Waals surface area contributed by atoms with Gasteiger partial charge in [0.1, 0.15) is 5.75 Å². The van der Waals surface area contributed by atoms with E-state index in [0.29, 0.717) is 11.8 Å². The van der Waals surface area contributed by atoms with Gasteiger partial charge in [-0.3, -0.25) is 4.90 Å². The van der Waals surface area contributed by atoms with Gasteiger partial charge >= 0.3 is 0 Å². The molecule has 0 amide bonds. The van der Waals surface area contributed by atoms with E-state index in [1.807, 2.05) is 12.1 Å². The quantitative estimate of drug-likeness (QED) is 0.859. The molecular weight excluding hydrogens is 224 g/mol. The number of benzene rings is 1. The zero-order valence-corrected chi connectivity index (χ0v) is 11.6. The monoisotopic (exact) mass is 248 g/mol. The number of nitrogens with one attached hydrogen (secondary N) is 1. The highest BCUT2D eigenvalue weighted by molar-refractivity contribution is 5.37. The van der Waals surface area contributed by atoms with Crippen LogP contribution in [0.25, 0.3) is 0 Å². The number of aromatic hydroxyl groups is 1. The van der Waals surface area contributed by atoms with Gasteiger partial charge in [0.2, 0.25) is 0 Å². The SMILES string of the molecule is CCN(C1CCNC1)C(C)c1cc(C)ccc1O. The van der Waals surface area contributed by atoms with Gasteiger partial charge in [0.05, 0.1) is 0 Å². The van der Waals surface area contributed by atoms with E-state index in [4.69, 9.17) is 0 Å². The van der Waals surface area contributed by atoms with Gasteiger partial charge in [-0.05, 0) is 39.4 Å². The summed E-state index contributed by atoms with van der Waals surface area (Å²) in [5, 5.41) is 13.5. The highest BCUT2D eigenvalue weighted by Crippen LogP contribution is 2.31.